The van der Waals surface area contributed by atoms with Gasteiger partial charge >= 0.3 is 39.9 Å². The van der Waals surface area contributed by atoms with Crippen molar-refractivity contribution in [3.05, 3.63) is 0 Å². The average Bonchev–Trinajstić information content (AvgIpc) is 2.30. The zero-order chi connectivity index (χ0) is 21.6. The SMILES string of the molecule is O=S(=O)(O)C(F)(F)OC(F)(C(F)(F)F)C(F)(F)OC(C(F)F)C(F)(F)F. The third kappa shape index (κ3) is 5.00. The fourth-order valence-corrected chi connectivity index (χ4v) is 1.22. The zero-order valence-corrected chi connectivity index (χ0v) is 11.9. The quantitative estimate of drug-likeness (QED) is 0.479. The van der Waals surface area contributed by atoms with Crippen LogP contribution in [0.3, 0.4) is 0 Å². The van der Waals surface area contributed by atoms with Gasteiger partial charge in [-0.05, 0) is 0 Å². The standard InChI is InChI=1S/C7H3F13O5S/c8-2(9)1(3(10,11)12)24-6(17,18)4(13,5(14,15)16)25-7(19,20)26(21,22)23/h1-2H,(H,21,22,23). The summed E-state index contributed by atoms with van der Waals surface area (Å²) < 4.78 is 194. The third-order valence-corrected chi connectivity index (χ3v) is 2.81. The van der Waals surface area contributed by atoms with E-state index in [1.54, 1.807) is 4.74 Å². The van der Waals surface area contributed by atoms with Gasteiger partial charge in [0.05, 0.1) is 0 Å². The Kier molecular flexibility index (Phi) is 6.54. The van der Waals surface area contributed by atoms with E-state index >= 15 is 0 Å². The van der Waals surface area contributed by atoms with Crippen molar-refractivity contribution in [2.45, 2.75) is 42.3 Å². The molecule has 0 aliphatic heterocycles. The highest BCUT2D eigenvalue weighted by molar-refractivity contribution is 7.86. The van der Waals surface area contributed by atoms with Crippen molar-refractivity contribution in [1.82, 2.24) is 0 Å². The molecular formula is C7H3F13O5S. The lowest BCUT2D eigenvalue weighted by Crippen LogP contribution is -2.63. The maximum atomic E-state index is 13.4. The molecule has 158 valence electrons. The van der Waals surface area contributed by atoms with Gasteiger partial charge in [0.15, 0.2) is 0 Å². The average molecular weight is 446 g/mol. The molecule has 2 unspecified atom stereocenters. The molecule has 5 nitrogen and oxygen atoms in total. The monoisotopic (exact) mass is 446 g/mol. The molecule has 2 atom stereocenters. The highest BCUT2D eigenvalue weighted by atomic mass is 32.2. The van der Waals surface area contributed by atoms with Crippen LogP contribution in [0.1, 0.15) is 0 Å². The van der Waals surface area contributed by atoms with Gasteiger partial charge in [0.1, 0.15) is 0 Å². The second-order valence-electron chi connectivity index (χ2n) is 4.06. The van der Waals surface area contributed by atoms with Crippen LogP contribution in [0, 0.1) is 0 Å². The molecule has 0 aromatic heterocycles. The first-order chi connectivity index (χ1) is 11.0. The van der Waals surface area contributed by atoms with Gasteiger partial charge in [0, 0.05) is 0 Å². The molecular weight excluding hydrogens is 443 g/mol. The molecule has 26 heavy (non-hydrogen) atoms. The number of rotatable bonds is 7. The van der Waals surface area contributed by atoms with E-state index in [0.29, 0.717) is 0 Å². The minimum Gasteiger partial charge on any atom is -0.297 e. The Morgan fingerprint density at radius 2 is 1.19 bits per heavy atom. The predicted octanol–water partition coefficient (Wildman–Crippen LogP) is 3.47. The van der Waals surface area contributed by atoms with Crippen LogP contribution in [0.2, 0.25) is 0 Å². The summed E-state index contributed by atoms with van der Waals surface area (Å²) in [6.45, 7) is 0. The van der Waals surface area contributed by atoms with Gasteiger partial charge in [-0.25, -0.2) is 8.78 Å². The van der Waals surface area contributed by atoms with Crippen LogP contribution in [0.5, 0.6) is 0 Å². The summed E-state index contributed by atoms with van der Waals surface area (Å²) in [5.74, 6) is -7.42. The van der Waals surface area contributed by atoms with Crippen molar-refractivity contribution < 1.29 is 79.5 Å². The number of halogens is 13. The summed E-state index contributed by atoms with van der Waals surface area (Å²) >= 11 is 0. The molecule has 1 N–H and O–H groups in total. The molecule has 0 amide bonds. The first-order valence-electron chi connectivity index (χ1n) is 5.21. The molecule has 0 rings (SSSR count). The summed E-state index contributed by atoms with van der Waals surface area (Å²) in [5.41, 5.74) is -6.80. The summed E-state index contributed by atoms with van der Waals surface area (Å²) in [5, 5.41) is 0. The van der Waals surface area contributed by atoms with Gasteiger partial charge in [-0.2, -0.15) is 56.7 Å². The molecule has 0 fully saturated rings. The van der Waals surface area contributed by atoms with Gasteiger partial charge < -0.3 is 0 Å². The van der Waals surface area contributed by atoms with Gasteiger partial charge in [-0.15, -0.1) is 0 Å². The van der Waals surface area contributed by atoms with Crippen molar-refractivity contribution in [1.29, 1.82) is 0 Å². The molecule has 19 heteroatoms. The lowest BCUT2D eigenvalue weighted by Gasteiger charge is -2.36. The van der Waals surface area contributed by atoms with Gasteiger partial charge in [-0.3, -0.25) is 14.0 Å². The first-order valence-corrected chi connectivity index (χ1v) is 6.65. The van der Waals surface area contributed by atoms with E-state index in [1.165, 1.54) is 0 Å². The summed E-state index contributed by atoms with van der Waals surface area (Å²) in [4.78, 5) is 0. The Balaban J connectivity index is 6.23. The normalized spacial score (nSPS) is 18.7. The first kappa shape index (κ1) is 24.9. The molecule has 0 saturated heterocycles. The van der Waals surface area contributed by atoms with Crippen molar-refractivity contribution in [2.75, 3.05) is 0 Å². The number of ether oxygens (including phenoxy) is 2. The van der Waals surface area contributed by atoms with Crippen molar-refractivity contribution in [3.8, 4) is 0 Å². The lowest BCUT2D eigenvalue weighted by molar-refractivity contribution is -0.502. The van der Waals surface area contributed by atoms with E-state index in [1.807, 2.05) is 4.74 Å². The minimum atomic E-state index is -7.47. The molecule has 0 aliphatic carbocycles. The smallest absolute Gasteiger partial charge is 0.297 e. The van der Waals surface area contributed by atoms with E-state index < -0.39 is 52.4 Å². The Labute approximate surface area is 133 Å². The minimum absolute atomic E-state index is 1.66. The van der Waals surface area contributed by atoms with Gasteiger partial charge in [0.2, 0.25) is 6.10 Å². The molecule has 0 spiro atoms. The Morgan fingerprint density at radius 1 is 0.808 bits per heavy atom. The lowest BCUT2D eigenvalue weighted by atomic mass is 10.2. The molecule has 0 radical (unpaired) electrons. The zero-order valence-electron chi connectivity index (χ0n) is 11.1. The maximum absolute atomic E-state index is 13.4. The Bertz CT molecular complexity index is 595. The topological polar surface area (TPSA) is 72.8 Å². The van der Waals surface area contributed by atoms with Gasteiger partial charge in [0.25, 0.3) is 6.43 Å². The Morgan fingerprint density at radius 3 is 1.42 bits per heavy atom. The van der Waals surface area contributed by atoms with E-state index in [0.717, 1.165) is 0 Å². The van der Waals surface area contributed by atoms with E-state index in [-0.39, 0.29) is 0 Å². The van der Waals surface area contributed by atoms with Gasteiger partial charge in [-0.1, -0.05) is 0 Å². The van der Waals surface area contributed by atoms with Crippen LogP contribution < -0.4 is 0 Å². The van der Waals surface area contributed by atoms with Crippen LogP contribution in [0.25, 0.3) is 0 Å². The van der Waals surface area contributed by atoms with E-state index in [2.05, 4.69) is 0 Å². The van der Waals surface area contributed by atoms with Crippen LogP contribution in [0.4, 0.5) is 57.1 Å². The maximum Gasteiger partial charge on any atom is 0.491 e. The van der Waals surface area contributed by atoms with Crippen molar-refractivity contribution >= 4 is 10.1 Å². The molecule has 0 aliphatic rings. The third-order valence-electron chi connectivity index (χ3n) is 2.13. The highest BCUT2D eigenvalue weighted by Crippen LogP contribution is 2.51. The van der Waals surface area contributed by atoms with Crippen molar-refractivity contribution in [2.24, 2.45) is 0 Å². The Hall–Kier alpha value is -1.08. The van der Waals surface area contributed by atoms with Crippen LogP contribution >= 0.6 is 0 Å². The fourth-order valence-electron chi connectivity index (χ4n) is 0.995. The molecule has 0 bridgehead atoms. The summed E-state index contributed by atoms with van der Waals surface area (Å²) in [7, 11) is -7.18. The van der Waals surface area contributed by atoms with Crippen LogP contribution in [-0.4, -0.2) is 55.3 Å². The number of alkyl halides is 13. The molecule has 0 aromatic carbocycles. The summed E-state index contributed by atoms with van der Waals surface area (Å²) in [6.07, 6.45) is -31.5. The predicted molar refractivity (Wildman–Crippen MR) is 49.4 cm³/mol. The molecule has 0 saturated carbocycles. The van der Waals surface area contributed by atoms with E-state index in [9.17, 15) is 65.5 Å². The van der Waals surface area contributed by atoms with Crippen LogP contribution in [0.15, 0.2) is 0 Å². The molecule has 0 aromatic rings. The second kappa shape index (κ2) is 6.82. The fraction of sp³-hybridized carbons (Fsp3) is 1.00. The van der Waals surface area contributed by atoms with Crippen LogP contribution in [-0.2, 0) is 19.6 Å². The summed E-state index contributed by atoms with van der Waals surface area (Å²) in [6, 6.07) is 0. The number of hydrogen-bond acceptors (Lipinski definition) is 4. The highest BCUT2D eigenvalue weighted by Gasteiger charge is 2.80. The second-order valence-corrected chi connectivity index (χ2v) is 5.49. The molecule has 0 heterocycles. The van der Waals surface area contributed by atoms with Crippen molar-refractivity contribution in [3.63, 3.8) is 0 Å². The number of hydrogen-bond donors (Lipinski definition) is 1. The largest absolute Gasteiger partial charge is 0.491 e. The van der Waals surface area contributed by atoms with E-state index in [4.69, 9.17) is 4.55 Å².